The Hall–Kier alpha value is -2.30. The Morgan fingerprint density at radius 1 is 1.04 bits per heavy atom. The number of carbonyl (C=O) groups excluding carboxylic acids is 2. The first-order chi connectivity index (χ1) is 11.6. The van der Waals surface area contributed by atoms with Gasteiger partial charge >= 0.3 is 0 Å². The maximum atomic E-state index is 12.9. The van der Waals surface area contributed by atoms with E-state index >= 15 is 0 Å². The molecule has 2 aliphatic rings. The van der Waals surface area contributed by atoms with E-state index < -0.39 is 5.41 Å². The zero-order valence-corrected chi connectivity index (χ0v) is 13.9. The van der Waals surface area contributed by atoms with Crippen LogP contribution in [0.15, 0.2) is 24.3 Å². The van der Waals surface area contributed by atoms with Crippen molar-refractivity contribution in [3.8, 4) is 0 Å². The predicted molar refractivity (Wildman–Crippen MR) is 90.0 cm³/mol. The van der Waals surface area contributed by atoms with Gasteiger partial charge in [-0.2, -0.15) is 0 Å². The summed E-state index contributed by atoms with van der Waals surface area (Å²) < 4.78 is 0. The van der Waals surface area contributed by atoms with Gasteiger partial charge in [-0.15, -0.1) is 0 Å². The zero-order chi connectivity index (χ0) is 16.7. The molecule has 0 radical (unpaired) electrons. The molecular weight excluding hydrogens is 302 g/mol. The number of hydrogen-bond donors (Lipinski definition) is 0. The normalized spacial score (nSPS) is 20.3. The fraction of sp³-hybridized carbons (Fsp3) is 0.474. The van der Waals surface area contributed by atoms with E-state index in [4.69, 9.17) is 0 Å². The van der Waals surface area contributed by atoms with Crippen molar-refractivity contribution in [3.05, 3.63) is 35.7 Å². The van der Waals surface area contributed by atoms with Crippen LogP contribution < -0.4 is 0 Å². The molecule has 0 atom stereocenters. The SMILES string of the molecule is Cc1nc2ccccc2nc1CN1C(=O)CC2(CCCCC2)C1=O. The Labute approximate surface area is 141 Å². The number of fused-ring (bicyclic) bond motifs is 1. The number of nitrogens with zero attached hydrogens (tertiary/aromatic N) is 3. The van der Waals surface area contributed by atoms with Crippen LogP contribution in [-0.4, -0.2) is 26.7 Å². The van der Waals surface area contributed by atoms with E-state index in [1.807, 2.05) is 31.2 Å². The predicted octanol–water partition coefficient (Wildman–Crippen LogP) is 3.15. The Morgan fingerprint density at radius 3 is 2.42 bits per heavy atom. The molecule has 5 heteroatoms. The molecule has 0 N–H and O–H groups in total. The molecule has 2 amide bonds. The first kappa shape index (κ1) is 15.2. The van der Waals surface area contributed by atoms with Gasteiger partial charge in [0.15, 0.2) is 0 Å². The molecule has 5 nitrogen and oxygen atoms in total. The third-order valence-electron chi connectivity index (χ3n) is 5.45. The summed E-state index contributed by atoms with van der Waals surface area (Å²) in [7, 11) is 0. The largest absolute Gasteiger partial charge is 0.276 e. The number of likely N-dealkylation sites (tertiary alicyclic amines) is 1. The van der Waals surface area contributed by atoms with Gasteiger partial charge in [-0.25, -0.2) is 9.97 Å². The quantitative estimate of drug-likeness (QED) is 0.797. The molecule has 2 heterocycles. The number of aromatic nitrogens is 2. The third kappa shape index (κ3) is 2.39. The van der Waals surface area contributed by atoms with Crippen LogP contribution >= 0.6 is 0 Å². The van der Waals surface area contributed by atoms with Gasteiger partial charge in [0.2, 0.25) is 11.8 Å². The highest BCUT2D eigenvalue weighted by Gasteiger charge is 2.51. The summed E-state index contributed by atoms with van der Waals surface area (Å²) in [4.78, 5) is 36.0. The van der Waals surface area contributed by atoms with E-state index in [-0.39, 0.29) is 18.4 Å². The lowest BCUT2D eigenvalue weighted by Crippen LogP contribution is -2.36. The molecule has 1 aliphatic heterocycles. The van der Waals surface area contributed by atoms with Gasteiger partial charge in [0.05, 0.1) is 34.4 Å². The molecular formula is C19H21N3O2. The van der Waals surface area contributed by atoms with Crippen LogP contribution in [0.5, 0.6) is 0 Å². The maximum absolute atomic E-state index is 12.9. The van der Waals surface area contributed by atoms with Crippen LogP contribution in [-0.2, 0) is 16.1 Å². The minimum atomic E-state index is -0.437. The third-order valence-corrected chi connectivity index (χ3v) is 5.45. The average molecular weight is 323 g/mol. The van der Waals surface area contributed by atoms with E-state index in [2.05, 4.69) is 9.97 Å². The Bertz CT molecular complexity index is 824. The molecule has 4 rings (SSSR count). The summed E-state index contributed by atoms with van der Waals surface area (Å²) >= 11 is 0. The molecule has 0 unspecified atom stereocenters. The first-order valence-electron chi connectivity index (χ1n) is 8.66. The molecule has 1 aromatic heterocycles. The van der Waals surface area contributed by atoms with E-state index in [9.17, 15) is 9.59 Å². The molecule has 1 aromatic carbocycles. The fourth-order valence-electron chi connectivity index (χ4n) is 4.06. The Balaban J connectivity index is 1.64. The number of para-hydroxylation sites is 2. The average Bonchev–Trinajstić information content (AvgIpc) is 2.80. The van der Waals surface area contributed by atoms with Gasteiger partial charge in [0.25, 0.3) is 0 Å². The van der Waals surface area contributed by atoms with Crippen molar-refractivity contribution in [3.63, 3.8) is 0 Å². The van der Waals surface area contributed by atoms with Gasteiger partial charge < -0.3 is 0 Å². The van der Waals surface area contributed by atoms with Gasteiger partial charge in [0, 0.05) is 6.42 Å². The summed E-state index contributed by atoms with van der Waals surface area (Å²) in [5.74, 6) is -0.0576. The van der Waals surface area contributed by atoms with E-state index in [0.29, 0.717) is 12.1 Å². The molecule has 2 fully saturated rings. The lowest BCUT2D eigenvalue weighted by atomic mass is 9.73. The zero-order valence-electron chi connectivity index (χ0n) is 13.9. The maximum Gasteiger partial charge on any atom is 0.236 e. The van der Waals surface area contributed by atoms with Crippen LogP contribution in [0.1, 0.15) is 49.9 Å². The lowest BCUT2D eigenvalue weighted by Gasteiger charge is -2.30. The van der Waals surface area contributed by atoms with Crippen LogP contribution in [0.25, 0.3) is 11.0 Å². The minimum Gasteiger partial charge on any atom is -0.276 e. The number of hydrogen-bond acceptors (Lipinski definition) is 4. The molecule has 2 aromatic rings. The van der Waals surface area contributed by atoms with Gasteiger partial charge in [-0.05, 0) is 31.9 Å². The fourth-order valence-corrected chi connectivity index (χ4v) is 4.06. The summed E-state index contributed by atoms with van der Waals surface area (Å²) in [5.41, 5.74) is 2.68. The second-order valence-corrected chi connectivity index (χ2v) is 7.05. The van der Waals surface area contributed by atoms with E-state index in [1.54, 1.807) is 0 Å². The second kappa shape index (κ2) is 5.65. The van der Waals surface area contributed by atoms with Gasteiger partial charge in [-0.3, -0.25) is 14.5 Å². The number of imide groups is 1. The molecule has 1 saturated heterocycles. The van der Waals surface area contributed by atoms with Crippen LogP contribution in [0, 0.1) is 12.3 Å². The summed E-state index contributed by atoms with van der Waals surface area (Å²) in [5, 5.41) is 0. The molecule has 24 heavy (non-hydrogen) atoms. The standard InChI is InChI=1S/C19H21N3O2/c1-13-16(21-15-8-4-3-7-14(15)20-13)12-22-17(23)11-19(18(22)24)9-5-2-6-10-19/h3-4,7-8H,2,5-6,9-12H2,1H3. The van der Waals surface area contributed by atoms with Crippen LogP contribution in [0.4, 0.5) is 0 Å². The van der Waals surface area contributed by atoms with Crippen molar-refractivity contribution in [2.75, 3.05) is 0 Å². The number of aryl methyl sites for hydroxylation is 1. The van der Waals surface area contributed by atoms with E-state index in [1.165, 1.54) is 11.3 Å². The van der Waals surface area contributed by atoms with Gasteiger partial charge in [0.1, 0.15) is 0 Å². The Morgan fingerprint density at radius 2 is 1.71 bits per heavy atom. The highest BCUT2D eigenvalue weighted by molar-refractivity contribution is 6.05. The first-order valence-corrected chi connectivity index (χ1v) is 8.66. The smallest absolute Gasteiger partial charge is 0.236 e. The van der Waals surface area contributed by atoms with Crippen molar-refractivity contribution in [1.82, 2.24) is 14.9 Å². The van der Waals surface area contributed by atoms with Crippen molar-refractivity contribution < 1.29 is 9.59 Å². The number of rotatable bonds is 2. The molecule has 1 aliphatic carbocycles. The number of amides is 2. The molecule has 1 saturated carbocycles. The molecule has 1 spiro atoms. The highest BCUT2D eigenvalue weighted by Crippen LogP contribution is 2.45. The lowest BCUT2D eigenvalue weighted by molar-refractivity contribution is -0.143. The monoisotopic (exact) mass is 323 g/mol. The highest BCUT2D eigenvalue weighted by atomic mass is 16.2. The summed E-state index contributed by atoms with van der Waals surface area (Å²) in [6.07, 6.45) is 5.31. The van der Waals surface area contributed by atoms with Crippen LogP contribution in [0.3, 0.4) is 0 Å². The number of benzene rings is 1. The molecule has 0 bridgehead atoms. The van der Waals surface area contributed by atoms with Crippen molar-refractivity contribution in [1.29, 1.82) is 0 Å². The van der Waals surface area contributed by atoms with Gasteiger partial charge in [-0.1, -0.05) is 31.4 Å². The van der Waals surface area contributed by atoms with Crippen molar-refractivity contribution in [2.24, 2.45) is 5.41 Å². The Kier molecular flexibility index (Phi) is 3.59. The van der Waals surface area contributed by atoms with Crippen molar-refractivity contribution in [2.45, 2.75) is 52.0 Å². The van der Waals surface area contributed by atoms with Crippen LogP contribution in [0.2, 0.25) is 0 Å². The minimum absolute atomic E-state index is 0.00144. The summed E-state index contributed by atoms with van der Waals surface area (Å²) in [6.45, 7) is 2.12. The molecule has 124 valence electrons. The topological polar surface area (TPSA) is 63.2 Å². The number of carbonyl (C=O) groups is 2. The second-order valence-electron chi connectivity index (χ2n) is 7.05. The van der Waals surface area contributed by atoms with E-state index in [0.717, 1.165) is 42.4 Å². The van der Waals surface area contributed by atoms with Crippen molar-refractivity contribution >= 4 is 22.8 Å². The summed E-state index contributed by atoms with van der Waals surface area (Å²) in [6, 6.07) is 7.67.